The van der Waals surface area contributed by atoms with Crippen molar-refractivity contribution in [3.63, 3.8) is 0 Å². The lowest BCUT2D eigenvalue weighted by molar-refractivity contribution is 0.0782. The smallest absolute Gasteiger partial charge is 0.254 e. The molecule has 3 nitrogen and oxygen atoms in total. The van der Waals surface area contributed by atoms with E-state index in [-0.39, 0.29) is 5.91 Å². The van der Waals surface area contributed by atoms with Crippen LogP contribution in [0.15, 0.2) is 36.5 Å². The Kier molecular flexibility index (Phi) is 4.17. The first-order valence-corrected chi connectivity index (χ1v) is 6.55. The third-order valence-electron chi connectivity index (χ3n) is 2.91. The van der Waals surface area contributed by atoms with Crippen molar-refractivity contribution in [3.05, 3.63) is 57.8 Å². The van der Waals surface area contributed by atoms with Crippen LogP contribution in [0, 0.1) is 0 Å². The van der Waals surface area contributed by atoms with E-state index in [2.05, 4.69) is 0 Å². The fourth-order valence-electron chi connectivity index (χ4n) is 1.87. The van der Waals surface area contributed by atoms with Gasteiger partial charge in [-0.3, -0.25) is 4.79 Å². The minimum Gasteiger partial charge on any atom is -0.353 e. The predicted molar refractivity (Wildman–Crippen MR) is 77.7 cm³/mol. The van der Waals surface area contributed by atoms with Gasteiger partial charge in [-0.05, 0) is 30.3 Å². The molecule has 0 atom stereocenters. The Morgan fingerprint density at radius 2 is 1.89 bits per heavy atom. The van der Waals surface area contributed by atoms with Gasteiger partial charge in [0.05, 0.1) is 6.54 Å². The topological polar surface area (TPSA) is 25.2 Å². The molecule has 2 rings (SSSR count). The number of hydrogen-bond acceptors (Lipinski definition) is 1. The van der Waals surface area contributed by atoms with Crippen LogP contribution in [0.1, 0.15) is 16.1 Å². The van der Waals surface area contributed by atoms with Crippen molar-refractivity contribution >= 4 is 29.1 Å². The molecule has 19 heavy (non-hydrogen) atoms. The molecule has 1 amide bonds. The molecular weight excluding hydrogens is 283 g/mol. The first-order valence-electron chi connectivity index (χ1n) is 5.79. The average molecular weight is 297 g/mol. The third-order valence-corrected chi connectivity index (χ3v) is 3.34. The molecule has 0 unspecified atom stereocenters. The lowest BCUT2D eigenvalue weighted by atomic mass is 10.2. The van der Waals surface area contributed by atoms with Gasteiger partial charge in [0.15, 0.2) is 0 Å². The monoisotopic (exact) mass is 296 g/mol. The van der Waals surface area contributed by atoms with Crippen LogP contribution in [0.5, 0.6) is 0 Å². The van der Waals surface area contributed by atoms with Crippen molar-refractivity contribution in [2.24, 2.45) is 7.05 Å². The van der Waals surface area contributed by atoms with Crippen molar-refractivity contribution in [3.8, 4) is 0 Å². The van der Waals surface area contributed by atoms with Crippen LogP contribution in [0.2, 0.25) is 10.0 Å². The standard InChI is InChI=1S/C14H14Cl2N2O/c1-17-5-3-4-13(17)9-18(2)14(19)10-6-11(15)8-12(16)7-10/h3-8H,9H2,1-2H3. The summed E-state index contributed by atoms with van der Waals surface area (Å²) >= 11 is 11.8. The molecule has 0 bridgehead atoms. The SMILES string of the molecule is CN(Cc1cccn1C)C(=O)c1cc(Cl)cc(Cl)c1. The highest BCUT2D eigenvalue weighted by molar-refractivity contribution is 6.35. The Morgan fingerprint density at radius 1 is 1.26 bits per heavy atom. The maximum Gasteiger partial charge on any atom is 0.254 e. The van der Waals surface area contributed by atoms with Gasteiger partial charge >= 0.3 is 0 Å². The Morgan fingerprint density at radius 3 is 2.42 bits per heavy atom. The van der Waals surface area contributed by atoms with Crippen LogP contribution in [-0.4, -0.2) is 22.4 Å². The van der Waals surface area contributed by atoms with Gasteiger partial charge in [-0.15, -0.1) is 0 Å². The van der Waals surface area contributed by atoms with E-state index in [0.717, 1.165) is 5.69 Å². The second kappa shape index (κ2) is 5.68. The normalized spacial score (nSPS) is 10.5. The highest BCUT2D eigenvalue weighted by Gasteiger charge is 2.14. The first-order chi connectivity index (χ1) is 8.97. The molecule has 0 aliphatic carbocycles. The summed E-state index contributed by atoms with van der Waals surface area (Å²) in [5.41, 5.74) is 1.55. The van der Waals surface area contributed by atoms with Crippen LogP contribution in [0.25, 0.3) is 0 Å². The Bertz CT molecular complexity index is 587. The van der Waals surface area contributed by atoms with Crippen LogP contribution in [-0.2, 0) is 13.6 Å². The number of carbonyl (C=O) groups is 1. The number of carbonyl (C=O) groups excluding carboxylic acids is 1. The number of benzene rings is 1. The molecule has 2 aromatic rings. The molecule has 100 valence electrons. The number of amides is 1. The summed E-state index contributed by atoms with van der Waals surface area (Å²) in [7, 11) is 3.70. The Balaban J connectivity index is 2.17. The molecular formula is C14H14Cl2N2O. The lowest BCUT2D eigenvalue weighted by Crippen LogP contribution is -2.27. The molecule has 1 heterocycles. The van der Waals surface area contributed by atoms with Crippen molar-refractivity contribution in [2.45, 2.75) is 6.54 Å². The van der Waals surface area contributed by atoms with Crippen LogP contribution >= 0.6 is 23.2 Å². The number of rotatable bonds is 3. The first kappa shape index (κ1) is 14.0. The van der Waals surface area contributed by atoms with Gasteiger partial charge in [0.25, 0.3) is 5.91 Å². The van der Waals surface area contributed by atoms with Gasteiger partial charge in [-0.25, -0.2) is 0 Å². The summed E-state index contributed by atoms with van der Waals surface area (Å²) in [5.74, 6) is -0.106. The number of halogens is 2. The van der Waals surface area contributed by atoms with E-state index in [1.807, 2.05) is 29.9 Å². The van der Waals surface area contributed by atoms with Crippen molar-refractivity contribution in [2.75, 3.05) is 7.05 Å². The minimum absolute atomic E-state index is 0.106. The average Bonchev–Trinajstić information content (AvgIpc) is 2.72. The van der Waals surface area contributed by atoms with E-state index < -0.39 is 0 Å². The number of nitrogens with zero attached hydrogens (tertiary/aromatic N) is 2. The van der Waals surface area contributed by atoms with Gasteiger partial charge < -0.3 is 9.47 Å². The largest absolute Gasteiger partial charge is 0.353 e. The number of hydrogen-bond donors (Lipinski definition) is 0. The zero-order valence-electron chi connectivity index (χ0n) is 10.7. The molecule has 0 aliphatic heterocycles. The molecule has 0 N–H and O–H groups in total. The number of aromatic nitrogens is 1. The van der Waals surface area contributed by atoms with E-state index in [9.17, 15) is 4.79 Å². The van der Waals surface area contributed by atoms with Crippen LogP contribution < -0.4 is 0 Å². The van der Waals surface area contributed by atoms with Crippen LogP contribution in [0.4, 0.5) is 0 Å². The summed E-state index contributed by atoms with van der Waals surface area (Å²) in [6.45, 7) is 0.534. The summed E-state index contributed by atoms with van der Waals surface area (Å²) in [6, 6.07) is 8.78. The Labute approximate surface area is 122 Å². The predicted octanol–water partition coefficient (Wildman–Crippen LogP) is 3.60. The maximum atomic E-state index is 12.3. The van der Waals surface area contributed by atoms with Gasteiger partial charge in [0.1, 0.15) is 0 Å². The quantitative estimate of drug-likeness (QED) is 0.849. The van der Waals surface area contributed by atoms with E-state index in [0.29, 0.717) is 22.2 Å². The molecule has 0 spiro atoms. The van der Waals surface area contributed by atoms with E-state index in [1.54, 1.807) is 30.1 Å². The summed E-state index contributed by atoms with van der Waals surface area (Å²) in [5, 5.41) is 0.922. The van der Waals surface area contributed by atoms with Crippen molar-refractivity contribution in [1.29, 1.82) is 0 Å². The molecule has 0 saturated carbocycles. The lowest BCUT2D eigenvalue weighted by Gasteiger charge is -2.18. The van der Waals surface area contributed by atoms with E-state index in [4.69, 9.17) is 23.2 Å². The maximum absolute atomic E-state index is 12.3. The van der Waals surface area contributed by atoms with Crippen molar-refractivity contribution in [1.82, 2.24) is 9.47 Å². The molecule has 0 radical (unpaired) electrons. The summed E-state index contributed by atoms with van der Waals surface area (Å²) < 4.78 is 1.98. The van der Waals surface area contributed by atoms with Gasteiger partial charge in [-0.1, -0.05) is 23.2 Å². The highest BCUT2D eigenvalue weighted by atomic mass is 35.5. The molecule has 5 heteroatoms. The summed E-state index contributed by atoms with van der Waals surface area (Å²) in [6.07, 6.45) is 1.95. The van der Waals surface area contributed by atoms with Gasteiger partial charge in [0, 0.05) is 41.6 Å². The fourth-order valence-corrected chi connectivity index (χ4v) is 2.40. The summed E-state index contributed by atoms with van der Waals surface area (Å²) in [4.78, 5) is 13.9. The number of aryl methyl sites for hydroxylation is 1. The zero-order valence-corrected chi connectivity index (χ0v) is 12.2. The van der Waals surface area contributed by atoms with Crippen LogP contribution in [0.3, 0.4) is 0 Å². The van der Waals surface area contributed by atoms with E-state index in [1.165, 1.54) is 0 Å². The second-order valence-electron chi connectivity index (χ2n) is 4.43. The molecule has 1 aromatic carbocycles. The molecule has 0 saturated heterocycles. The molecule has 0 fully saturated rings. The molecule has 0 aliphatic rings. The zero-order chi connectivity index (χ0) is 14.0. The molecule has 1 aromatic heterocycles. The second-order valence-corrected chi connectivity index (χ2v) is 5.30. The van der Waals surface area contributed by atoms with E-state index >= 15 is 0 Å². The minimum atomic E-state index is -0.106. The van der Waals surface area contributed by atoms with Gasteiger partial charge in [0.2, 0.25) is 0 Å². The third kappa shape index (κ3) is 3.31. The van der Waals surface area contributed by atoms with Gasteiger partial charge in [-0.2, -0.15) is 0 Å². The highest BCUT2D eigenvalue weighted by Crippen LogP contribution is 2.20. The fraction of sp³-hybridized carbons (Fsp3) is 0.214. The Hall–Kier alpha value is -1.45. The van der Waals surface area contributed by atoms with Crippen molar-refractivity contribution < 1.29 is 4.79 Å².